The predicted octanol–water partition coefficient (Wildman–Crippen LogP) is 1.71. The Kier molecular flexibility index (Phi) is 3.96. The first-order valence-corrected chi connectivity index (χ1v) is 5.91. The summed E-state index contributed by atoms with van der Waals surface area (Å²) in [6, 6.07) is 3.84. The van der Waals surface area contributed by atoms with Crippen LogP contribution in [0, 0.1) is 11.8 Å². The molecular formula is C14H17NO3. The van der Waals surface area contributed by atoms with E-state index in [4.69, 9.17) is 19.9 Å². The van der Waals surface area contributed by atoms with Crippen molar-refractivity contribution < 1.29 is 14.2 Å². The summed E-state index contributed by atoms with van der Waals surface area (Å²) >= 11 is 0. The van der Waals surface area contributed by atoms with Crippen LogP contribution in [0.4, 0.5) is 0 Å². The predicted molar refractivity (Wildman–Crippen MR) is 68.9 cm³/mol. The van der Waals surface area contributed by atoms with Gasteiger partial charge in [0.2, 0.25) is 6.79 Å². The lowest BCUT2D eigenvalue weighted by molar-refractivity contribution is 0.174. The van der Waals surface area contributed by atoms with Crippen molar-refractivity contribution in [3.05, 3.63) is 17.7 Å². The van der Waals surface area contributed by atoms with Crippen LogP contribution in [0.15, 0.2) is 12.1 Å². The highest BCUT2D eigenvalue weighted by molar-refractivity contribution is 5.52. The fourth-order valence-electron chi connectivity index (χ4n) is 1.79. The van der Waals surface area contributed by atoms with Crippen LogP contribution in [0.1, 0.15) is 19.4 Å². The van der Waals surface area contributed by atoms with Crippen LogP contribution >= 0.6 is 0 Å². The number of fused-ring (bicyclic) bond motifs is 1. The zero-order valence-electron chi connectivity index (χ0n) is 10.7. The number of hydrogen-bond acceptors (Lipinski definition) is 4. The first-order valence-electron chi connectivity index (χ1n) is 5.91. The van der Waals surface area contributed by atoms with Gasteiger partial charge in [0.25, 0.3) is 0 Å². The fraction of sp³-hybridized carbons (Fsp3) is 0.429. The van der Waals surface area contributed by atoms with Crippen LogP contribution in [0.3, 0.4) is 0 Å². The van der Waals surface area contributed by atoms with E-state index in [1.165, 1.54) is 0 Å². The van der Waals surface area contributed by atoms with Gasteiger partial charge < -0.3 is 19.9 Å². The van der Waals surface area contributed by atoms with E-state index in [2.05, 4.69) is 11.8 Å². The molecule has 1 aliphatic heterocycles. The zero-order chi connectivity index (χ0) is 13.0. The second kappa shape index (κ2) is 5.65. The smallest absolute Gasteiger partial charge is 0.231 e. The molecule has 4 nitrogen and oxygen atoms in total. The molecular weight excluding hydrogens is 230 g/mol. The van der Waals surface area contributed by atoms with Crippen molar-refractivity contribution in [3.8, 4) is 29.1 Å². The van der Waals surface area contributed by atoms with Gasteiger partial charge in [-0.2, -0.15) is 0 Å². The molecule has 0 spiro atoms. The van der Waals surface area contributed by atoms with Crippen molar-refractivity contribution in [3.63, 3.8) is 0 Å². The first kappa shape index (κ1) is 12.6. The maximum absolute atomic E-state index is 5.84. The minimum absolute atomic E-state index is 0.0602. The largest absolute Gasteiger partial charge is 0.481 e. The lowest BCUT2D eigenvalue weighted by atomic mass is 10.1. The van der Waals surface area contributed by atoms with Crippen LogP contribution in [0.2, 0.25) is 0 Å². The van der Waals surface area contributed by atoms with Crippen molar-refractivity contribution in [2.24, 2.45) is 5.73 Å². The molecule has 2 N–H and O–H groups in total. The standard InChI is InChI=1S/C14H17NO3/c1-3-4-5-16-12-8-14-13(17-9-18-14)7-11(12)6-10(2)15/h7-8,10H,5-6,9,15H2,1-2H3. The molecule has 0 aromatic heterocycles. The molecule has 1 aromatic carbocycles. The molecule has 4 heteroatoms. The maximum atomic E-state index is 5.84. The second-order valence-electron chi connectivity index (χ2n) is 4.21. The first-order chi connectivity index (χ1) is 8.70. The van der Waals surface area contributed by atoms with Gasteiger partial charge in [-0.25, -0.2) is 0 Å². The molecule has 0 saturated heterocycles. The number of nitrogens with two attached hydrogens (primary N) is 1. The third kappa shape index (κ3) is 2.88. The average Bonchev–Trinajstić information content (AvgIpc) is 2.75. The molecule has 0 aliphatic carbocycles. The van der Waals surface area contributed by atoms with E-state index in [-0.39, 0.29) is 12.8 Å². The lowest BCUT2D eigenvalue weighted by Crippen LogP contribution is -2.18. The lowest BCUT2D eigenvalue weighted by Gasteiger charge is -2.12. The van der Waals surface area contributed by atoms with E-state index in [9.17, 15) is 0 Å². The molecule has 1 unspecified atom stereocenters. The Morgan fingerprint density at radius 2 is 2.11 bits per heavy atom. The molecule has 0 fully saturated rings. The van der Waals surface area contributed by atoms with Gasteiger partial charge >= 0.3 is 0 Å². The molecule has 18 heavy (non-hydrogen) atoms. The minimum Gasteiger partial charge on any atom is -0.481 e. The van der Waals surface area contributed by atoms with E-state index in [0.29, 0.717) is 12.4 Å². The Bertz CT molecular complexity index is 486. The molecule has 0 bridgehead atoms. The van der Waals surface area contributed by atoms with Crippen molar-refractivity contribution in [1.29, 1.82) is 0 Å². The molecule has 1 aliphatic rings. The Hall–Kier alpha value is -1.86. The molecule has 1 heterocycles. The van der Waals surface area contributed by atoms with E-state index in [1.807, 2.05) is 19.1 Å². The normalized spacial score (nSPS) is 13.7. The number of rotatable bonds is 4. The quantitative estimate of drug-likeness (QED) is 0.823. The summed E-state index contributed by atoms with van der Waals surface area (Å²) in [7, 11) is 0. The van der Waals surface area contributed by atoms with E-state index >= 15 is 0 Å². The van der Waals surface area contributed by atoms with Gasteiger partial charge in [-0.1, -0.05) is 5.92 Å². The van der Waals surface area contributed by atoms with Gasteiger partial charge in [-0.3, -0.25) is 0 Å². The monoisotopic (exact) mass is 247 g/mol. The number of hydrogen-bond donors (Lipinski definition) is 1. The van der Waals surface area contributed by atoms with Gasteiger partial charge in [0.15, 0.2) is 11.5 Å². The molecule has 1 atom stereocenters. The third-order valence-corrected chi connectivity index (χ3v) is 2.57. The van der Waals surface area contributed by atoms with Crippen LogP contribution in [0.5, 0.6) is 17.2 Å². The van der Waals surface area contributed by atoms with Crippen molar-refractivity contribution in [2.45, 2.75) is 26.3 Å². The molecule has 0 radical (unpaired) electrons. The summed E-state index contributed by atoms with van der Waals surface area (Å²) in [4.78, 5) is 0. The van der Waals surface area contributed by atoms with Crippen LogP contribution in [-0.2, 0) is 6.42 Å². The maximum Gasteiger partial charge on any atom is 0.231 e. The zero-order valence-corrected chi connectivity index (χ0v) is 10.7. The number of ether oxygens (including phenoxy) is 3. The highest BCUT2D eigenvalue weighted by atomic mass is 16.7. The molecule has 1 aromatic rings. The average molecular weight is 247 g/mol. The van der Waals surface area contributed by atoms with Gasteiger partial charge in [-0.15, -0.1) is 5.92 Å². The Morgan fingerprint density at radius 1 is 1.39 bits per heavy atom. The van der Waals surface area contributed by atoms with E-state index in [1.54, 1.807) is 6.92 Å². The fourth-order valence-corrected chi connectivity index (χ4v) is 1.79. The highest BCUT2D eigenvalue weighted by Crippen LogP contribution is 2.38. The van der Waals surface area contributed by atoms with Gasteiger partial charge in [0.05, 0.1) is 0 Å². The van der Waals surface area contributed by atoms with Gasteiger partial charge in [0, 0.05) is 12.1 Å². The van der Waals surface area contributed by atoms with Crippen molar-refractivity contribution in [2.75, 3.05) is 13.4 Å². The number of benzene rings is 1. The summed E-state index contributed by atoms with van der Waals surface area (Å²) < 4.78 is 16.3. The van der Waals surface area contributed by atoms with E-state index < -0.39 is 0 Å². The summed E-state index contributed by atoms with van der Waals surface area (Å²) in [5.74, 6) is 7.89. The van der Waals surface area contributed by atoms with E-state index in [0.717, 1.165) is 23.5 Å². The SMILES string of the molecule is CC#CCOc1cc2c(cc1CC(C)N)OCO2. The Morgan fingerprint density at radius 3 is 2.78 bits per heavy atom. The summed E-state index contributed by atoms with van der Waals surface area (Å²) in [5.41, 5.74) is 6.86. The summed E-state index contributed by atoms with van der Waals surface area (Å²) in [6.45, 7) is 4.36. The summed E-state index contributed by atoms with van der Waals surface area (Å²) in [6.07, 6.45) is 0.728. The third-order valence-electron chi connectivity index (χ3n) is 2.57. The highest BCUT2D eigenvalue weighted by Gasteiger charge is 2.18. The van der Waals surface area contributed by atoms with Crippen LogP contribution in [-0.4, -0.2) is 19.4 Å². The Labute approximate surface area is 107 Å². The van der Waals surface area contributed by atoms with Crippen molar-refractivity contribution in [1.82, 2.24) is 0 Å². The minimum atomic E-state index is 0.0602. The van der Waals surface area contributed by atoms with Crippen LogP contribution in [0.25, 0.3) is 0 Å². The molecule has 96 valence electrons. The van der Waals surface area contributed by atoms with Gasteiger partial charge in [-0.05, 0) is 31.9 Å². The molecule has 0 amide bonds. The van der Waals surface area contributed by atoms with Crippen molar-refractivity contribution >= 4 is 0 Å². The Balaban J connectivity index is 2.25. The molecule has 2 rings (SSSR count). The second-order valence-corrected chi connectivity index (χ2v) is 4.21. The van der Waals surface area contributed by atoms with Gasteiger partial charge in [0.1, 0.15) is 12.4 Å². The molecule has 0 saturated carbocycles. The topological polar surface area (TPSA) is 53.7 Å². The van der Waals surface area contributed by atoms with Crippen LogP contribution < -0.4 is 19.9 Å². The summed E-state index contributed by atoms with van der Waals surface area (Å²) in [5, 5.41) is 0.